The Morgan fingerprint density at radius 3 is 1.52 bits per heavy atom. The highest BCUT2D eigenvalue weighted by Gasteiger charge is 2.09. The van der Waals surface area contributed by atoms with Crippen molar-refractivity contribution < 1.29 is 24.5 Å². The summed E-state index contributed by atoms with van der Waals surface area (Å²) in [7, 11) is 0. The van der Waals surface area contributed by atoms with Gasteiger partial charge in [-0.25, -0.2) is 9.59 Å². The van der Waals surface area contributed by atoms with Gasteiger partial charge in [-0.3, -0.25) is 0 Å². The molecule has 2 N–H and O–H groups in total. The molecule has 0 radical (unpaired) electrons. The van der Waals surface area contributed by atoms with Gasteiger partial charge in [-0.2, -0.15) is 0 Å². The molecule has 21 heavy (non-hydrogen) atoms. The van der Waals surface area contributed by atoms with E-state index in [-0.39, 0.29) is 0 Å². The van der Waals surface area contributed by atoms with E-state index in [1.807, 2.05) is 0 Å². The Hall–Kier alpha value is -1.78. The highest BCUT2D eigenvalue weighted by atomic mass is 16.7. The molecule has 0 aromatic carbocycles. The second-order valence-corrected chi connectivity index (χ2v) is 5.29. The Bertz CT molecular complexity index is 371. The molecule has 0 bridgehead atoms. The summed E-state index contributed by atoms with van der Waals surface area (Å²) in [6.45, 7) is 0. The fourth-order valence-electron chi connectivity index (χ4n) is 2.69. The van der Waals surface area contributed by atoms with Crippen LogP contribution in [0.4, 0.5) is 9.59 Å². The van der Waals surface area contributed by atoms with Crippen molar-refractivity contribution in [2.45, 2.75) is 64.2 Å². The van der Waals surface area contributed by atoms with Gasteiger partial charge in [-0.05, 0) is 62.5 Å². The molecule has 0 spiro atoms. The zero-order valence-corrected chi connectivity index (χ0v) is 12.3. The van der Waals surface area contributed by atoms with Crippen LogP contribution in [0.2, 0.25) is 0 Å². The molecule has 0 aromatic rings. The molecule has 5 nitrogen and oxygen atoms in total. The molecular formula is C16H24O5. The number of carboxylic acid groups (broad SMARTS) is 2. The van der Waals surface area contributed by atoms with Crippen LogP contribution in [-0.2, 0) is 4.74 Å². The number of hydrogen-bond donors (Lipinski definition) is 2. The van der Waals surface area contributed by atoms with E-state index in [9.17, 15) is 9.59 Å². The summed E-state index contributed by atoms with van der Waals surface area (Å²) < 4.78 is 3.08. The predicted octanol–water partition coefficient (Wildman–Crippen LogP) is 5.13. The number of carbonyl (C=O) groups is 2. The first-order chi connectivity index (χ1) is 10.1. The molecule has 118 valence electrons. The third-order valence-corrected chi connectivity index (χ3v) is 3.67. The Morgan fingerprint density at radius 2 is 1.19 bits per heavy atom. The van der Waals surface area contributed by atoms with Gasteiger partial charge in [0.1, 0.15) is 0 Å². The summed E-state index contributed by atoms with van der Waals surface area (Å²) in [5.74, 6) is 0. The molecule has 0 unspecified atom stereocenters. The Labute approximate surface area is 125 Å². The summed E-state index contributed by atoms with van der Waals surface area (Å²) in [6, 6.07) is 0. The van der Waals surface area contributed by atoms with Crippen molar-refractivity contribution in [1.29, 1.82) is 0 Å². The van der Waals surface area contributed by atoms with Crippen molar-refractivity contribution in [2.75, 3.05) is 0 Å². The molecule has 0 aromatic heterocycles. The van der Waals surface area contributed by atoms with Crippen molar-refractivity contribution in [3.05, 3.63) is 23.3 Å². The summed E-state index contributed by atoms with van der Waals surface area (Å²) in [4.78, 5) is 18.4. The van der Waals surface area contributed by atoms with Gasteiger partial charge in [0.15, 0.2) is 0 Å². The summed E-state index contributed by atoms with van der Waals surface area (Å²) in [5, 5.41) is 15.0. The molecule has 0 fully saturated rings. The molecule has 0 saturated heterocycles. The third-order valence-electron chi connectivity index (χ3n) is 3.67. The maximum atomic E-state index is 9.21. The van der Waals surface area contributed by atoms with Crippen LogP contribution >= 0.6 is 0 Å². The molecule has 0 amide bonds. The highest BCUT2D eigenvalue weighted by molar-refractivity contribution is 5.74. The van der Waals surface area contributed by atoms with Gasteiger partial charge in [0.05, 0.1) is 0 Å². The van der Waals surface area contributed by atoms with Crippen LogP contribution in [0.15, 0.2) is 23.3 Å². The maximum absolute atomic E-state index is 9.21. The summed E-state index contributed by atoms with van der Waals surface area (Å²) in [6.07, 6.45) is 15.3. The molecule has 0 atom stereocenters. The van der Waals surface area contributed by atoms with Crippen molar-refractivity contribution in [2.24, 2.45) is 0 Å². The largest absolute Gasteiger partial charge is 0.516 e. The smallest absolute Gasteiger partial charge is 0.449 e. The Balaban J connectivity index is 0.000000270. The van der Waals surface area contributed by atoms with Gasteiger partial charge in [0, 0.05) is 0 Å². The first-order valence-electron chi connectivity index (χ1n) is 7.61. The van der Waals surface area contributed by atoms with Crippen LogP contribution in [0.3, 0.4) is 0 Å². The SMILES string of the molecule is C1=C(C2=CCCCCC2)CCCCC1.O=C(O)OC(=O)O. The average molecular weight is 296 g/mol. The lowest BCUT2D eigenvalue weighted by Crippen LogP contribution is -2.05. The summed E-state index contributed by atoms with van der Waals surface area (Å²) in [5.41, 5.74) is 3.40. The van der Waals surface area contributed by atoms with Crippen LogP contribution in [0.25, 0.3) is 0 Å². The molecular weight excluding hydrogens is 272 g/mol. The fraction of sp³-hybridized carbons (Fsp3) is 0.625. The van der Waals surface area contributed by atoms with Crippen LogP contribution in [0.5, 0.6) is 0 Å². The number of ether oxygens (including phenoxy) is 1. The van der Waals surface area contributed by atoms with E-state index in [1.165, 1.54) is 64.2 Å². The standard InChI is InChI=1S/C14H22.C2H2O5/c1-2-6-10-13(9-5-1)14-11-7-3-4-8-12-14;3-1(4)7-2(5)6/h9,11H,1-8,10,12H2;(H,3,4)(H,5,6). The first-order valence-corrected chi connectivity index (χ1v) is 7.61. The molecule has 2 aliphatic rings. The predicted molar refractivity (Wildman–Crippen MR) is 79.5 cm³/mol. The molecule has 5 heteroatoms. The molecule has 2 rings (SSSR count). The van der Waals surface area contributed by atoms with Crippen molar-refractivity contribution in [3.63, 3.8) is 0 Å². The molecule has 0 heterocycles. The lowest BCUT2D eigenvalue weighted by molar-refractivity contribution is 0.0802. The molecule has 0 saturated carbocycles. The average Bonchev–Trinajstić information content (AvgIpc) is 2.82. The molecule has 2 aliphatic carbocycles. The molecule has 0 aliphatic heterocycles. The van der Waals surface area contributed by atoms with Gasteiger partial charge >= 0.3 is 12.3 Å². The van der Waals surface area contributed by atoms with E-state index in [2.05, 4.69) is 16.9 Å². The maximum Gasteiger partial charge on any atom is 0.516 e. The van der Waals surface area contributed by atoms with Crippen molar-refractivity contribution in [3.8, 4) is 0 Å². The van der Waals surface area contributed by atoms with E-state index in [1.54, 1.807) is 11.1 Å². The van der Waals surface area contributed by atoms with Crippen LogP contribution in [0.1, 0.15) is 64.2 Å². The quantitative estimate of drug-likeness (QED) is 0.518. The second kappa shape index (κ2) is 10.0. The van der Waals surface area contributed by atoms with E-state index >= 15 is 0 Å². The van der Waals surface area contributed by atoms with E-state index in [0.29, 0.717) is 0 Å². The third kappa shape index (κ3) is 8.17. The number of hydrogen-bond acceptors (Lipinski definition) is 3. The fourth-order valence-corrected chi connectivity index (χ4v) is 2.69. The highest BCUT2D eigenvalue weighted by Crippen LogP contribution is 2.29. The minimum Gasteiger partial charge on any atom is -0.449 e. The van der Waals surface area contributed by atoms with Gasteiger partial charge in [-0.15, -0.1) is 0 Å². The van der Waals surface area contributed by atoms with Crippen LogP contribution in [-0.4, -0.2) is 22.5 Å². The van der Waals surface area contributed by atoms with Crippen LogP contribution in [0, 0.1) is 0 Å². The lowest BCUT2D eigenvalue weighted by Gasteiger charge is -2.09. The minimum absolute atomic E-state index is 1.33. The zero-order chi connectivity index (χ0) is 15.5. The van der Waals surface area contributed by atoms with Gasteiger partial charge in [0.2, 0.25) is 0 Å². The lowest BCUT2D eigenvalue weighted by atomic mass is 9.97. The number of allylic oxidation sites excluding steroid dienone is 4. The van der Waals surface area contributed by atoms with Crippen molar-refractivity contribution >= 4 is 12.3 Å². The van der Waals surface area contributed by atoms with E-state index in [0.717, 1.165) is 0 Å². The van der Waals surface area contributed by atoms with E-state index < -0.39 is 12.3 Å². The van der Waals surface area contributed by atoms with Crippen LogP contribution < -0.4 is 0 Å². The normalized spacial score (nSPS) is 18.9. The number of rotatable bonds is 1. The second-order valence-electron chi connectivity index (χ2n) is 5.29. The Kier molecular flexibility index (Phi) is 8.24. The summed E-state index contributed by atoms with van der Waals surface area (Å²) >= 11 is 0. The topological polar surface area (TPSA) is 83.8 Å². The van der Waals surface area contributed by atoms with Gasteiger partial charge in [-0.1, -0.05) is 25.0 Å². The monoisotopic (exact) mass is 296 g/mol. The Morgan fingerprint density at radius 1 is 0.762 bits per heavy atom. The first kappa shape index (κ1) is 17.3. The minimum atomic E-state index is -1.81. The van der Waals surface area contributed by atoms with Gasteiger partial charge in [0.25, 0.3) is 0 Å². The van der Waals surface area contributed by atoms with E-state index in [4.69, 9.17) is 10.2 Å². The zero-order valence-electron chi connectivity index (χ0n) is 12.3. The van der Waals surface area contributed by atoms with Crippen molar-refractivity contribution in [1.82, 2.24) is 0 Å². The van der Waals surface area contributed by atoms with Gasteiger partial charge < -0.3 is 14.9 Å².